The van der Waals surface area contributed by atoms with Crippen molar-refractivity contribution in [2.45, 2.75) is 6.42 Å². The molecule has 0 atom stereocenters. The first-order valence-electron chi connectivity index (χ1n) is 5.76. The highest BCUT2D eigenvalue weighted by Gasteiger charge is 2.29. The Morgan fingerprint density at radius 1 is 1.42 bits per heavy atom. The van der Waals surface area contributed by atoms with Crippen LogP contribution >= 0.6 is 11.5 Å². The molecule has 9 heteroatoms. The minimum absolute atomic E-state index is 0.319. The predicted octanol–water partition coefficient (Wildman–Crippen LogP) is 0.0776. The van der Waals surface area contributed by atoms with E-state index < -0.39 is 10.2 Å². The number of nitrogens with two attached hydrogens (primary N) is 1. The van der Waals surface area contributed by atoms with Crippen LogP contribution in [0.3, 0.4) is 0 Å². The van der Waals surface area contributed by atoms with Gasteiger partial charge in [-0.05, 0) is 5.57 Å². The van der Waals surface area contributed by atoms with Crippen molar-refractivity contribution in [3.05, 3.63) is 29.7 Å². The van der Waals surface area contributed by atoms with Crippen LogP contribution in [-0.4, -0.2) is 41.7 Å². The zero-order chi connectivity index (χ0) is 13.5. The fraction of sp³-hybridized carbons (Fsp3) is 0.400. The molecule has 102 valence electrons. The third-order valence-electron chi connectivity index (χ3n) is 3.19. The van der Waals surface area contributed by atoms with Crippen LogP contribution in [0, 0.1) is 0 Å². The number of nitrogens with zero attached hydrogens (tertiary/aromatic N) is 4. The molecule has 0 saturated carbocycles. The van der Waals surface area contributed by atoms with Crippen molar-refractivity contribution in [3.8, 4) is 0 Å². The second-order valence-electron chi connectivity index (χ2n) is 4.34. The summed E-state index contributed by atoms with van der Waals surface area (Å²) in [5.41, 5.74) is 2.08. The molecule has 19 heavy (non-hydrogen) atoms. The Morgan fingerprint density at radius 3 is 2.95 bits per heavy atom. The van der Waals surface area contributed by atoms with Crippen molar-refractivity contribution in [1.82, 2.24) is 13.7 Å². The Hall–Kier alpha value is -1.29. The first-order valence-corrected chi connectivity index (χ1v) is 8.04. The summed E-state index contributed by atoms with van der Waals surface area (Å²) < 4.78 is 28.1. The second kappa shape index (κ2) is 4.67. The summed E-state index contributed by atoms with van der Waals surface area (Å²) >= 11 is 1.33. The van der Waals surface area contributed by atoms with E-state index in [0.717, 1.165) is 22.9 Å². The van der Waals surface area contributed by atoms with E-state index in [0.29, 0.717) is 19.5 Å². The Bertz CT molecular complexity index is 635. The summed E-state index contributed by atoms with van der Waals surface area (Å²) in [5, 5.41) is 6.01. The van der Waals surface area contributed by atoms with Gasteiger partial charge in [0.05, 0.1) is 0 Å². The van der Waals surface area contributed by atoms with E-state index in [1.165, 1.54) is 22.2 Å². The first-order chi connectivity index (χ1) is 9.05. The van der Waals surface area contributed by atoms with E-state index in [9.17, 15) is 8.42 Å². The Morgan fingerprint density at radius 2 is 2.26 bits per heavy atom. The second-order valence-corrected chi connectivity index (χ2v) is 6.64. The van der Waals surface area contributed by atoms with Crippen LogP contribution in [-0.2, 0) is 10.2 Å². The molecule has 1 aromatic heterocycles. The van der Waals surface area contributed by atoms with Gasteiger partial charge in [0.2, 0.25) is 5.13 Å². The minimum Gasteiger partial charge on any atom is -0.316 e. The molecule has 0 aliphatic carbocycles. The molecule has 2 aliphatic rings. The molecule has 1 aromatic rings. The highest BCUT2D eigenvalue weighted by molar-refractivity contribution is 7.86. The van der Waals surface area contributed by atoms with E-state index >= 15 is 0 Å². The molecule has 2 N–H and O–H groups in total. The number of rotatable bonds is 2. The van der Waals surface area contributed by atoms with Gasteiger partial charge < -0.3 is 4.90 Å². The van der Waals surface area contributed by atoms with Crippen molar-refractivity contribution in [1.29, 1.82) is 0 Å². The highest BCUT2D eigenvalue weighted by atomic mass is 32.2. The summed E-state index contributed by atoms with van der Waals surface area (Å²) in [6.45, 7) is 1.46. The van der Waals surface area contributed by atoms with Gasteiger partial charge in [-0.3, -0.25) is 0 Å². The van der Waals surface area contributed by atoms with Crippen LogP contribution in [0.4, 0.5) is 5.13 Å². The zero-order valence-corrected chi connectivity index (χ0v) is 11.7. The molecule has 3 heterocycles. The van der Waals surface area contributed by atoms with Crippen molar-refractivity contribution in [2.75, 3.05) is 24.5 Å². The average Bonchev–Trinajstić information content (AvgIpc) is 2.90. The van der Waals surface area contributed by atoms with E-state index in [1.54, 1.807) is 0 Å². The number of hydrogen-bond donors (Lipinski definition) is 1. The van der Waals surface area contributed by atoms with Crippen LogP contribution < -0.4 is 10.0 Å². The van der Waals surface area contributed by atoms with Crippen LogP contribution in [0.25, 0.3) is 0 Å². The molecule has 0 spiro atoms. The maximum atomic E-state index is 11.4. The summed E-state index contributed by atoms with van der Waals surface area (Å²) in [4.78, 5) is 6.28. The van der Waals surface area contributed by atoms with E-state index in [4.69, 9.17) is 5.14 Å². The lowest BCUT2D eigenvalue weighted by molar-refractivity contribution is 0.421. The summed E-state index contributed by atoms with van der Waals surface area (Å²) in [5.74, 6) is 0. The normalized spacial score (nSPS) is 20.8. The molecule has 0 unspecified atom stereocenters. The topological polar surface area (TPSA) is 92.4 Å². The quantitative estimate of drug-likeness (QED) is 0.834. The smallest absolute Gasteiger partial charge is 0.277 e. The first kappa shape index (κ1) is 12.7. The van der Waals surface area contributed by atoms with E-state index in [-0.39, 0.29) is 0 Å². The van der Waals surface area contributed by atoms with Gasteiger partial charge in [-0.25, -0.2) is 10.1 Å². The van der Waals surface area contributed by atoms with E-state index in [1.807, 2.05) is 12.2 Å². The minimum atomic E-state index is -3.63. The van der Waals surface area contributed by atoms with Crippen molar-refractivity contribution in [3.63, 3.8) is 0 Å². The molecule has 3 rings (SSSR count). The summed E-state index contributed by atoms with van der Waals surface area (Å²) in [7, 11) is -3.63. The van der Waals surface area contributed by atoms with Gasteiger partial charge >= 0.3 is 0 Å². The maximum Gasteiger partial charge on any atom is 0.277 e. The number of aromatic nitrogens is 2. The molecule has 0 aromatic carbocycles. The van der Waals surface area contributed by atoms with Crippen molar-refractivity contribution < 1.29 is 8.42 Å². The predicted molar refractivity (Wildman–Crippen MR) is 72.7 cm³/mol. The van der Waals surface area contributed by atoms with Crippen molar-refractivity contribution >= 4 is 26.9 Å². The molecule has 0 fully saturated rings. The number of anilines is 1. The van der Waals surface area contributed by atoms with Gasteiger partial charge in [0.1, 0.15) is 6.33 Å². The average molecular weight is 299 g/mol. The molecular formula is C10H13N5O2S2. The lowest BCUT2D eigenvalue weighted by atomic mass is 10.0. The molecular weight excluding hydrogens is 286 g/mol. The Labute approximate surface area is 115 Å². The fourth-order valence-corrected chi connectivity index (χ4v) is 3.55. The third-order valence-corrected chi connectivity index (χ3v) is 4.91. The zero-order valence-electron chi connectivity index (χ0n) is 10.1. The molecule has 0 bridgehead atoms. The van der Waals surface area contributed by atoms with Gasteiger partial charge in [-0.1, -0.05) is 12.2 Å². The van der Waals surface area contributed by atoms with Crippen LogP contribution in [0.2, 0.25) is 0 Å². The SMILES string of the molecule is NS(=O)(=O)N1CCC2=C(C=CCN2c2ncns2)C1. The lowest BCUT2D eigenvalue weighted by Crippen LogP contribution is -2.44. The van der Waals surface area contributed by atoms with Crippen LogP contribution in [0.1, 0.15) is 6.42 Å². The van der Waals surface area contributed by atoms with Gasteiger partial charge in [0.15, 0.2) is 0 Å². The van der Waals surface area contributed by atoms with Crippen LogP contribution in [0.15, 0.2) is 29.7 Å². The van der Waals surface area contributed by atoms with Gasteiger partial charge in [0, 0.05) is 43.3 Å². The Balaban J connectivity index is 1.92. The Kier molecular flexibility index (Phi) is 3.13. The summed E-state index contributed by atoms with van der Waals surface area (Å²) in [6, 6.07) is 0. The maximum absolute atomic E-state index is 11.4. The highest BCUT2D eigenvalue weighted by Crippen LogP contribution is 2.30. The third kappa shape index (κ3) is 2.41. The van der Waals surface area contributed by atoms with Crippen LogP contribution in [0.5, 0.6) is 0 Å². The summed E-state index contributed by atoms with van der Waals surface area (Å²) in [6.07, 6.45) is 6.12. The van der Waals surface area contributed by atoms with E-state index in [2.05, 4.69) is 14.3 Å². The molecule has 7 nitrogen and oxygen atoms in total. The molecule has 0 radical (unpaired) electrons. The monoisotopic (exact) mass is 299 g/mol. The number of hydrogen-bond acceptors (Lipinski definition) is 6. The van der Waals surface area contributed by atoms with Gasteiger partial charge in [-0.15, -0.1) is 0 Å². The standard InChI is InChI=1S/C10H13N5O2S2/c11-19(16,17)14-5-3-9-8(6-14)2-1-4-15(9)10-12-7-13-18-10/h1-2,7H,3-6H2,(H2,11,16,17). The van der Waals surface area contributed by atoms with Crippen molar-refractivity contribution in [2.24, 2.45) is 5.14 Å². The van der Waals surface area contributed by atoms with Gasteiger partial charge in [-0.2, -0.15) is 17.1 Å². The van der Waals surface area contributed by atoms with Gasteiger partial charge in [0.25, 0.3) is 10.2 Å². The lowest BCUT2D eigenvalue weighted by Gasteiger charge is -2.35. The fourth-order valence-electron chi connectivity index (χ4n) is 2.32. The molecule has 2 aliphatic heterocycles. The largest absolute Gasteiger partial charge is 0.316 e. The molecule has 0 amide bonds. The molecule has 0 saturated heterocycles.